The molecule has 0 aromatic rings. The number of hydrogen-bond donors (Lipinski definition) is 2. The summed E-state index contributed by atoms with van der Waals surface area (Å²) in [7, 11) is 0. The first kappa shape index (κ1) is 6.98. The Morgan fingerprint density at radius 1 is 1.71 bits per heavy atom. The highest BCUT2D eigenvalue weighted by Gasteiger charge is 1.93. The molecule has 0 aromatic heterocycles. The molecule has 0 fully saturated rings. The van der Waals surface area contributed by atoms with Crippen molar-refractivity contribution in [2.45, 2.75) is 12.8 Å². The molecule has 1 amide bonds. The van der Waals surface area contributed by atoms with E-state index in [1.165, 1.54) is 0 Å². The molecule has 42 valence electrons. The maximum atomic E-state index is 10.1. The van der Waals surface area contributed by atoms with E-state index in [0.29, 0.717) is 6.42 Å². The number of rotatable bonds is 3. The fourth-order valence-electron chi connectivity index (χ4n) is 0.276. The van der Waals surface area contributed by atoms with Crippen LogP contribution in [0.3, 0.4) is 0 Å². The Hall–Kier alpha value is -0.0200. The van der Waals surface area contributed by atoms with Gasteiger partial charge in [0.05, 0.1) is 6.42 Å². The molecular weight excluding hydrogens is 110 g/mol. The van der Waals surface area contributed by atoms with Crippen LogP contribution in [0.2, 0.25) is 0 Å². The van der Waals surface area contributed by atoms with Crippen LogP contribution in [-0.2, 0) is 4.79 Å². The van der Waals surface area contributed by atoms with Gasteiger partial charge in [-0.05, 0) is 12.2 Å². The summed E-state index contributed by atoms with van der Waals surface area (Å²) in [5, 5.41) is 0. The molecule has 0 heterocycles. The van der Waals surface area contributed by atoms with Crippen LogP contribution < -0.4 is 5.73 Å². The smallest absolute Gasteiger partial charge is 0.295 e. The fourth-order valence-corrected chi connectivity index (χ4v) is 0.434. The number of hydrogen-bond acceptors (Lipinski definition) is 2. The van der Waals surface area contributed by atoms with E-state index in [2.05, 4.69) is 18.4 Å². The molecule has 0 aromatic carbocycles. The molecule has 0 radical (unpaired) electrons. The summed E-state index contributed by atoms with van der Waals surface area (Å²) in [5.74, 6) is 0.787. The Morgan fingerprint density at radius 3 is 2.43 bits per heavy atom. The summed E-state index contributed by atoms with van der Waals surface area (Å²) in [6, 6.07) is 0. The summed E-state index contributed by atoms with van der Waals surface area (Å²) in [6.07, 6.45) is 1.43. The quantitative estimate of drug-likeness (QED) is 0.483. The van der Waals surface area contributed by atoms with Gasteiger partial charge < -0.3 is 0 Å². The molecule has 0 bridgehead atoms. The largest absolute Gasteiger partial charge is 0.308 e. The van der Waals surface area contributed by atoms with Crippen molar-refractivity contribution in [1.29, 1.82) is 0 Å². The number of carbonyl (C=O) groups excluding carboxylic acids is 1. The first-order valence-corrected chi connectivity index (χ1v) is 2.86. The van der Waals surface area contributed by atoms with E-state index in [4.69, 9.17) is 0 Å². The van der Waals surface area contributed by atoms with Gasteiger partial charge in [0.25, 0.3) is 0 Å². The summed E-state index contributed by atoms with van der Waals surface area (Å²) in [5.41, 5.74) is 3.20. The van der Waals surface area contributed by atoms with Gasteiger partial charge in [-0.25, -0.2) is 4.79 Å². The highest BCUT2D eigenvalue weighted by Crippen LogP contribution is 1.86. The lowest BCUT2D eigenvalue weighted by molar-refractivity contribution is -0.305. The SMILES string of the molecule is [NH3+]C(=O)CCCS. The predicted molar refractivity (Wildman–Crippen MR) is 31.0 cm³/mol. The minimum atomic E-state index is 0.00838. The monoisotopic (exact) mass is 120 g/mol. The molecule has 7 heavy (non-hydrogen) atoms. The second kappa shape index (κ2) is 4.15. The van der Waals surface area contributed by atoms with Gasteiger partial charge in [0.2, 0.25) is 0 Å². The molecule has 0 aliphatic carbocycles. The number of quaternary nitrogens is 1. The van der Waals surface area contributed by atoms with E-state index in [9.17, 15) is 4.79 Å². The van der Waals surface area contributed by atoms with Crippen LogP contribution in [-0.4, -0.2) is 11.7 Å². The van der Waals surface area contributed by atoms with Crippen LogP contribution in [0.15, 0.2) is 0 Å². The normalized spacial score (nSPS) is 8.86. The zero-order valence-electron chi connectivity index (χ0n) is 4.18. The third-order valence-electron chi connectivity index (χ3n) is 0.614. The van der Waals surface area contributed by atoms with E-state index >= 15 is 0 Å². The molecule has 0 rings (SSSR count). The molecule has 0 saturated heterocycles. The lowest BCUT2D eigenvalue weighted by atomic mass is 10.3. The van der Waals surface area contributed by atoms with E-state index in [0.717, 1.165) is 12.2 Å². The molecule has 3 heteroatoms. The summed E-state index contributed by atoms with van der Waals surface area (Å²) < 4.78 is 0. The van der Waals surface area contributed by atoms with Crippen molar-refractivity contribution in [3.63, 3.8) is 0 Å². The minimum Gasteiger partial charge on any atom is -0.295 e. The first-order chi connectivity index (χ1) is 3.27. The van der Waals surface area contributed by atoms with Crippen molar-refractivity contribution >= 4 is 18.5 Å². The van der Waals surface area contributed by atoms with Crippen molar-refractivity contribution in [3.8, 4) is 0 Å². The van der Waals surface area contributed by atoms with Crippen LogP contribution in [0.5, 0.6) is 0 Å². The molecule has 0 unspecified atom stereocenters. The Morgan fingerprint density at radius 2 is 2.29 bits per heavy atom. The van der Waals surface area contributed by atoms with Crippen LogP contribution >= 0.6 is 12.6 Å². The van der Waals surface area contributed by atoms with Crippen molar-refractivity contribution < 1.29 is 10.5 Å². The van der Waals surface area contributed by atoms with Gasteiger partial charge in [-0.3, -0.25) is 5.73 Å². The molecule has 0 aliphatic rings. The van der Waals surface area contributed by atoms with Gasteiger partial charge in [0.1, 0.15) is 0 Å². The van der Waals surface area contributed by atoms with Gasteiger partial charge in [-0.15, -0.1) is 0 Å². The maximum absolute atomic E-state index is 10.1. The van der Waals surface area contributed by atoms with Gasteiger partial charge in [0.15, 0.2) is 0 Å². The summed E-state index contributed by atoms with van der Waals surface area (Å²) in [6.45, 7) is 0. The molecule has 0 aliphatic heterocycles. The second-order valence-electron chi connectivity index (χ2n) is 1.37. The summed E-state index contributed by atoms with van der Waals surface area (Å²) in [4.78, 5) is 10.1. The zero-order valence-corrected chi connectivity index (χ0v) is 5.08. The van der Waals surface area contributed by atoms with Crippen LogP contribution in [0.4, 0.5) is 0 Å². The Bertz CT molecular complexity index is 64.7. The standard InChI is InChI=1S/C4H9NOS/c5-4(6)2-1-3-7/h7H,1-3H2,(H2,5,6)/p+1. The third kappa shape index (κ3) is 5.98. The summed E-state index contributed by atoms with van der Waals surface area (Å²) >= 11 is 3.92. The average Bonchev–Trinajstić information content (AvgIpc) is 1.61. The van der Waals surface area contributed by atoms with Crippen molar-refractivity contribution in [2.24, 2.45) is 0 Å². The third-order valence-corrected chi connectivity index (χ3v) is 0.930. The Balaban J connectivity index is 2.82. The van der Waals surface area contributed by atoms with Crippen molar-refractivity contribution in [1.82, 2.24) is 0 Å². The molecule has 0 saturated carbocycles. The number of amides is 1. The second-order valence-corrected chi connectivity index (χ2v) is 1.81. The Labute approximate surface area is 48.5 Å². The van der Waals surface area contributed by atoms with Crippen molar-refractivity contribution in [3.05, 3.63) is 0 Å². The predicted octanol–water partition coefficient (Wildman–Crippen LogP) is -0.535. The topological polar surface area (TPSA) is 44.7 Å². The van der Waals surface area contributed by atoms with Gasteiger partial charge in [-0.2, -0.15) is 12.6 Å². The van der Waals surface area contributed by atoms with Gasteiger partial charge in [-0.1, -0.05) is 0 Å². The van der Waals surface area contributed by atoms with Crippen molar-refractivity contribution in [2.75, 3.05) is 5.75 Å². The van der Waals surface area contributed by atoms with E-state index in [-0.39, 0.29) is 5.91 Å². The average molecular weight is 120 g/mol. The lowest BCUT2D eigenvalue weighted by Crippen LogP contribution is -2.56. The molecular formula is C4H10NOS+. The molecule has 2 nitrogen and oxygen atoms in total. The molecule has 3 N–H and O–H groups in total. The van der Waals surface area contributed by atoms with Gasteiger partial charge in [0, 0.05) is 0 Å². The highest BCUT2D eigenvalue weighted by atomic mass is 32.1. The highest BCUT2D eigenvalue weighted by molar-refractivity contribution is 7.80. The number of carbonyl (C=O) groups is 1. The molecule has 0 spiro atoms. The van der Waals surface area contributed by atoms with E-state index in [1.807, 2.05) is 0 Å². The minimum absolute atomic E-state index is 0.00838. The lowest BCUT2D eigenvalue weighted by Gasteiger charge is -1.83. The van der Waals surface area contributed by atoms with Crippen LogP contribution in [0.25, 0.3) is 0 Å². The molecule has 0 atom stereocenters. The maximum Gasteiger partial charge on any atom is 0.308 e. The van der Waals surface area contributed by atoms with Crippen LogP contribution in [0, 0.1) is 0 Å². The Kier molecular flexibility index (Phi) is 4.14. The van der Waals surface area contributed by atoms with Crippen LogP contribution in [0.1, 0.15) is 12.8 Å². The fraction of sp³-hybridized carbons (Fsp3) is 0.750. The van der Waals surface area contributed by atoms with E-state index in [1.54, 1.807) is 0 Å². The zero-order chi connectivity index (χ0) is 5.70. The van der Waals surface area contributed by atoms with Gasteiger partial charge >= 0.3 is 5.91 Å². The number of thiol groups is 1. The van der Waals surface area contributed by atoms with E-state index < -0.39 is 0 Å². The first-order valence-electron chi connectivity index (χ1n) is 2.23.